The summed E-state index contributed by atoms with van der Waals surface area (Å²) in [5, 5.41) is 2.84. The predicted molar refractivity (Wildman–Crippen MR) is 95.1 cm³/mol. The Labute approximate surface area is 151 Å². The molecule has 0 bridgehead atoms. The van der Waals surface area contributed by atoms with Crippen LogP contribution in [-0.4, -0.2) is 52.4 Å². The van der Waals surface area contributed by atoms with E-state index in [0.29, 0.717) is 25.1 Å². The van der Waals surface area contributed by atoms with Gasteiger partial charge in [-0.1, -0.05) is 12.1 Å². The number of carbonyl (C=O) groups excluding carboxylic acids is 2. The van der Waals surface area contributed by atoms with Gasteiger partial charge in [-0.3, -0.25) is 20.4 Å². The summed E-state index contributed by atoms with van der Waals surface area (Å²) < 4.78 is 0. The first-order valence-corrected chi connectivity index (χ1v) is 8.86. The van der Waals surface area contributed by atoms with E-state index in [1.54, 1.807) is 17.4 Å². The zero-order valence-electron chi connectivity index (χ0n) is 14.4. The summed E-state index contributed by atoms with van der Waals surface area (Å²) in [6.07, 6.45) is 4.70. The molecule has 2 aliphatic heterocycles. The van der Waals surface area contributed by atoms with Gasteiger partial charge in [0.1, 0.15) is 6.04 Å². The zero-order chi connectivity index (χ0) is 17.9. The lowest BCUT2D eigenvalue weighted by Crippen LogP contribution is -2.58. The van der Waals surface area contributed by atoms with Gasteiger partial charge in [0, 0.05) is 49.6 Å². The van der Waals surface area contributed by atoms with Crippen molar-refractivity contribution in [2.45, 2.75) is 24.9 Å². The van der Waals surface area contributed by atoms with Gasteiger partial charge >= 0.3 is 0 Å². The summed E-state index contributed by atoms with van der Waals surface area (Å²) in [5.41, 5.74) is 8.91. The van der Waals surface area contributed by atoms with Crippen LogP contribution >= 0.6 is 0 Å². The van der Waals surface area contributed by atoms with E-state index in [-0.39, 0.29) is 17.9 Å². The van der Waals surface area contributed by atoms with Crippen molar-refractivity contribution in [2.24, 2.45) is 0 Å². The first-order chi connectivity index (χ1) is 12.7. The first kappa shape index (κ1) is 16.7. The van der Waals surface area contributed by atoms with Gasteiger partial charge in [0.15, 0.2) is 0 Å². The number of benzene rings is 1. The molecule has 136 valence electrons. The van der Waals surface area contributed by atoms with Gasteiger partial charge in [-0.2, -0.15) is 0 Å². The van der Waals surface area contributed by atoms with E-state index in [1.165, 1.54) is 0 Å². The third kappa shape index (κ3) is 3.33. The highest BCUT2D eigenvalue weighted by Crippen LogP contribution is 2.21. The molecule has 2 atom stereocenters. The molecule has 26 heavy (non-hydrogen) atoms. The molecule has 4 N–H and O–H groups in total. The van der Waals surface area contributed by atoms with Crippen molar-refractivity contribution >= 4 is 11.8 Å². The van der Waals surface area contributed by atoms with Crippen molar-refractivity contribution in [3.63, 3.8) is 0 Å². The van der Waals surface area contributed by atoms with Gasteiger partial charge in [-0.05, 0) is 24.1 Å². The molecule has 0 aliphatic carbocycles. The zero-order valence-corrected chi connectivity index (χ0v) is 14.4. The second-order valence-electron chi connectivity index (χ2n) is 6.62. The van der Waals surface area contributed by atoms with E-state index in [1.807, 2.05) is 24.3 Å². The number of hydrogen-bond donors (Lipinski definition) is 4. The quantitative estimate of drug-likeness (QED) is 0.625. The first-order valence-electron chi connectivity index (χ1n) is 8.86. The number of amides is 2. The molecule has 1 aromatic heterocycles. The molecule has 1 aromatic carbocycles. The largest absolute Gasteiger partial charge is 0.353 e. The number of rotatable bonds is 4. The summed E-state index contributed by atoms with van der Waals surface area (Å²) >= 11 is 0. The summed E-state index contributed by atoms with van der Waals surface area (Å²) in [6, 6.07) is 7.39. The third-order valence-electron chi connectivity index (χ3n) is 4.95. The van der Waals surface area contributed by atoms with Gasteiger partial charge in [0.2, 0.25) is 5.91 Å². The molecule has 2 unspecified atom stereocenters. The highest BCUT2D eigenvalue weighted by molar-refractivity contribution is 5.98. The molecule has 0 spiro atoms. The molecule has 4 rings (SSSR count). The normalized spacial score (nSPS) is 23.1. The fourth-order valence-corrected chi connectivity index (χ4v) is 3.52. The summed E-state index contributed by atoms with van der Waals surface area (Å²) in [5.74, 6) is -0.245. The van der Waals surface area contributed by atoms with Crippen LogP contribution in [0.15, 0.2) is 36.8 Å². The lowest BCUT2D eigenvalue weighted by Gasteiger charge is -2.35. The minimum atomic E-state index is -0.530. The molecule has 0 saturated carbocycles. The molecule has 8 heteroatoms. The Morgan fingerprint density at radius 1 is 1.23 bits per heavy atom. The van der Waals surface area contributed by atoms with E-state index in [9.17, 15) is 9.59 Å². The number of aromatic amines is 1. The molecule has 3 heterocycles. The average molecular weight is 354 g/mol. The average Bonchev–Trinajstić information content (AvgIpc) is 3.37. The van der Waals surface area contributed by atoms with Crippen LogP contribution in [0.4, 0.5) is 0 Å². The van der Waals surface area contributed by atoms with E-state index in [4.69, 9.17) is 0 Å². The number of piperazine rings is 1. The van der Waals surface area contributed by atoms with Crippen LogP contribution in [0.25, 0.3) is 0 Å². The minimum absolute atomic E-state index is 0.117. The van der Waals surface area contributed by atoms with Crippen LogP contribution in [0.5, 0.6) is 0 Å². The Balaban J connectivity index is 1.51. The smallest absolute Gasteiger partial charge is 0.254 e. The van der Waals surface area contributed by atoms with Gasteiger partial charge in [0.25, 0.3) is 5.91 Å². The fourth-order valence-electron chi connectivity index (χ4n) is 3.52. The molecule has 2 aliphatic rings. The number of nitrogens with one attached hydrogen (secondary N) is 4. The van der Waals surface area contributed by atoms with Crippen molar-refractivity contribution in [1.82, 2.24) is 31.0 Å². The van der Waals surface area contributed by atoms with Gasteiger partial charge < -0.3 is 15.2 Å². The molecule has 2 fully saturated rings. The Morgan fingerprint density at radius 2 is 2.08 bits per heavy atom. The monoisotopic (exact) mass is 354 g/mol. The van der Waals surface area contributed by atoms with Gasteiger partial charge in [0.05, 0.1) is 6.33 Å². The maximum atomic E-state index is 13.0. The second-order valence-corrected chi connectivity index (χ2v) is 6.62. The summed E-state index contributed by atoms with van der Waals surface area (Å²) in [6.45, 7) is 1.91. The Hall–Kier alpha value is -2.71. The molecule has 8 nitrogen and oxygen atoms in total. The van der Waals surface area contributed by atoms with Crippen LogP contribution in [0.2, 0.25) is 0 Å². The van der Waals surface area contributed by atoms with Crippen LogP contribution in [0.3, 0.4) is 0 Å². The molecular formula is C18H22N6O2. The van der Waals surface area contributed by atoms with E-state index in [0.717, 1.165) is 24.2 Å². The van der Waals surface area contributed by atoms with Crippen molar-refractivity contribution in [1.29, 1.82) is 0 Å². The molecule has 0 radical (unpaired) electrons. The third-order valence-corrected chi connectivity index (χ3v) is 4.95. The lowest BCUT2D eigenvalue weighted by molar-refractivity contribution is -0.127. The summed E-state index contributed by atoms with van der Waals surface area (Å²) in [7, 11) is 0. The van der Waals surface area contributed by atoms with Crippen molar-refractivity contribution in [2.75, 3.05) is 19.6 Å². The van der Waals surface area contributed by atoms with Gasteiger partial charge in [-0.25, -0.2) is 4.98 Å². The van der Waals surface area contributed by atoms with E-state index in [2.05, 4.69) is 26.1 Å². The maximum absolute atomic E-state index is 13.0. The van der Waals surface area contributed by atoms with E-state index < -0.39 is 6.04 Å². The predicted octanol–water partition coefficient (Wildman–Crippen LogP) is 0.132. The number of carbonyl (C=O) groups is 2. The fraction of sp³-hybridized carbons (Fsp3) is 0.389. The second kappa shape index (κ2) is 7.27. The highest BCUT2D eigenvalue weighted by Gasteiger charge is 2.34. The van der Waals surface area contributed by atoms with Crippen molar-refractivity contribution in [3.05, 3.63) is 53.6 Å². The van der Waals surface area contributed by atoms with Crippen molar-refractivity contribution in [3.8, 4) is 0 Å². The summed E-state index contributed by atoms with van der Waals surface area (Å²) in [4.78, 5) is 34.0. The number of hydrogen-bond acceptors (Lipinski definition) is 5. The molecule has 2 amide bonds. The number of H-pyrrole nitrogens is 1. The number of aromatic nitrogens is 2. The Bertz CT molecular complexity index is 767. The Morgan fingerprint density at radius 3 is 2.77 bits per heavy atom. The number of nitrogens with zero attached hydrogens (tertiary/aromatic N) is 2. The topological polar surface area (TPSA) is 102 Å². The number of imidazole rings is 1. The van der Waals surface area contributed by atoms with Crippen LogP contribution in [-0.2, 0) is 11.2 Å². The minimum Gasteiger partial charge on any atom is -0.353 e. The molecular weight excluding hydrogens is 332 g/mol. The van der Waals surface area contributed by atoms with E-state index >= 15 is 0 Å². The standard InChI is InChI=1S/C18H22N6O2/c25-17-16(9-14-10-19-11-21-14)24(8-7-20-17)18(26)13-3-1-12(2-4-13)15-5-6-22-23-15/h1-4,10-11,15-16,22-23H,5-9H2,(H,19,21)(H,20,25). The van der Waals surface area contributed by atoms with Crippen LogP contribution in [0.1, 0.15) is 34.1 Å². The van der Waals surface area contributed by atoms with Gasteiger partial charge in [-0.15, -0.1) is 0 Å². The Kier molecular flexibility index (Phi) is 4.68. The highest BCUT2D eigenvalue weighted by atomic mass is 16.2. The molecule has 2 saturated heterocycles. The van der Waals surface area contributed by atoms with Crippen LogP contribution < -0.4 is 16.2 Å². The molecule has 2 aromatic rings. The maximum Gasteiger partial charge on any atom is 0.254 e. The van der Waals surface area contributed by atoms with Crippen LogP contribution in [0, 0.1) is 0 Å². The lowest BCUT2D eigenvalue weighted by atomic mass is 10.0. The number of hydrazine groups is 1. The van der Waals surface area contributed by atoms with Crippen molar-refractivity contribution < 1.29 is 9.59 Å². The SMILES string of the molecule is O=C1NCCN(C(=O)c2ccc(C3CCNN3)cc2)C1Cc1cnc[nH]1.